The molecule has 0 aromatic heterocycles. The van der Waals surface area contributed by atoms with Crippen LogP contribution in [-0.2, 0) is 14.4 Å². The van der Waals surface area contributed by atoms with Crippen molar-refractivity contribution < 1.29 is 19.5 Å². The van der Waals surface area contributed by atoms with Crippen molar-refractivity contribution in [2.24, 2.45) is 17.3 Å². The first-order valence-electron chi connectivity index (χ1n) is 6.75. The fourth-order valence-electron chi connectivity index (χ4n) is 2.32. The Morgan fingerprint density at radius 1 is 1.37 bits per heavy atom. The van der Waals surface area contributed by atoms with E-state index in [1.54, 1.807) is 0 Å². The molecule has 0 radical (unpaired) electrons. The third-order valence-corrected chi connectivity index (χ3v) is 4.17. The minimum atomic E-state index is -0.849. The summed E-state index contributed by atoms with van der Waals surface area (Å²) in [6.45, 7) is 7.92. The largest absolute Gasteiger partial charge is 0.481 e. The SMILES string of the molecule is CC(CCC(=O)O)CN1C(=O)CC(C)(C(C)C)C1=O. The highest BCUT2D eigenvalue weighted by atomic mass is 16.4. The van der Waals surface area contributed by atoms with E-state index in [0.29, 0.717) is 13.0 Å². The third-order valence-electron chi connectivity index (χ3n) is 4.17. The molecule has 5 nitrogen and oxygen atoms in total. The first-order chi connectivity index (χ1) is 8.68. The van der Waals surface area contributed by atoms with Gasteiger partial charge in [0.2, 0.25) is 11.8 Å². The predicted octanol–water partition coefficient (Wildman–Crippen LogP) is 1.91. The smallest absolute Gasteiger partial charge is 0.303 e. The molecule has 19 heavy (non-hydrogen) atoms. The molecule has 5 heteroatoms. The molecule has 0 aliphatic carbocycles. The Balaban J connectivity index is 2.67. The second kappa shape index (κ2) is 5.72. The quantitative estimate of drug-likeness (QED) is 0.747. The zero-order chi connectivity index (χ0) is 14.8. The second-order valence-corrected chi connectivity index (χ2v) is 6.10. The fourth-order valence-corrected chi connectivity index (χ4v) is 2.32. The van der Waals surface area contributed by atoms with Crippen LogP contribution in [0.2, 0.25) is 0 Å². The van der Waals surface area contributed by atoms with Crippen LogP contribution >= 0.6 is 0 Å². The number of carbonyl (C=O) groups excluding carboxylic acids is 2. The van der Waals surface area contributed by atoms with E-state index in [-0.39, 0.29) is 36.5 Å². The van der Waals surface area contributed by atoms with Gasteiger partial charge in [0.15, 0.2) is 0 Å². The minimum absolute atomic E-state index is 0.0125. The van der Waals surface area contributed by atoms with Crippen LogP contribution in [0.15, 0.2) is 0 Å². The van der Waals surface area contributed by atoms with Gasteiger partial charge < -0.3 is 5.11 Å². The highest BCUT2D eigenvalue weighted by molar-refractivity contribution is 6.05. The molecule has 1 aliphatic rings. The van der Waals surface area contributed by atoms with Crippen molar-refractivity contribution in [3.05, 3.63) is 0 Å². The van der Waals surface area contributed by atoms with Gasteiger partial charge in [-0.15, -0.1) is 0 Å². The molecule has 0 bridgehead atoms. The Kier molecular flexibility index (Phi) is 4.71. The third kappa shape index (κ3) is 3.33. The van der Waals surface area contributed by atoms with E-state index in [2.05, 4.69) is 0 Å². The second-order valence-electron chi connectivity index (χ2n) is 6.10. The van der Waals surface area contributed by atoms with Gasteiger partial charge >= 0.3 is 5.97 Å². The number of aliphatic carboxylic acids is 1. The van der Waals surface area contributed by atoms with Crippen LogP contribution in [0.25, 0.3) is 0 Å². The molecule has 0 spiro atoms. The average Bonchev–Trinajstić information content (AvgIpc) is 2.51. The van der Waals surface area contributed by atoms with Gasteiger partial charge in [0.1, 0.15) is 0 Å². The van der Waals surface area contributed by atoms with Gasteiger partial charge in [-0.2, -0.15) is 0 Å². The zero-order valence-electron chi connectivity index (χ0n) is 12.1. The molecule has 0 aromatic carbocycles. The van der Waals surface area contributed by atoms with Gasteiger partial charge in [-0.25, -0.2) is 0 Å². The number of rotatable bonds is 6. The molecule has 1 heterocycles. The van der Waals surface area contributed by atoms with E-state index in [4.69, 9.17) is 5.11 Å². The summed E-state index contributed by atoms with van der Waals surface area (Å²) in [5, 5.41) is 8.64. The predicted molar refractivity (Wildman–Crippen MR) is 70.3 cm³/mol. The monoisotopic (exact) mass is 269 g/mol. The van der Waals surface area contributed by atoms with Gasteiger partial charge in [-0.3, -0.25) is 19.3 Å². The summed E-state index contributed by atoms with van der Waals surface area (Å²) < 4.78 is 0. The van der Waals surface area contributed by atoms with E-state index in [1.165, 1.54) is 4.90 Å². The molecule has 1 rings (SSSR count). The van der Waals surface area contributed by atoms with Crippen LogP contribution in [0.3, 0.4) is 0 Å². The van der Waals surface area contributed by atoms with Crippen molar-refractivity contribution >= 4 is 17.8 Å². The molecule has 2 amide bonds. The molecular weight excluding hydrogens is 246 g/mol. The average molecular weight is 269 g/mol. The normalized spacial score (nSPS) is 25.2. The van der Waals surface area contributed by atoms with Gasteiger partial charge in [0.25, 0.3) is 0 Å². The summed E-state index contributed by atoms with van der Waals surface area (Å²) in [4.78, 5) is 36.1. The molecule has 2 atom stereocenters. The lowest BCUT2D eigenvalue weighted by atomic mass is 9.78. The van der Waals surface area contributed by atoms with Gasteiger partial charge in [0.05, 0.1) is 5.41 Å². The Hall–Kier alpha value is -1.39. The standard InChI is InChI=1S/C14H23NO4/c1-9(2)14(4)7-11(16)15(13(14)19)8-10(3)5-6-12(17)18/h9-10H,5-8H2,1-4H3,(H,17,18). The van der Waals surface area contributed by atoms with Crippen molar-refractivity contribution in [2.45, 2.75) is 47.0 Å². The van der Waals surface area contributed by atoms with Crippen molar-refractivity contribution in [3.63, 3.8) is 0 Å². The van der Waals surface area contributed by atoms with Crippen LogP contribution in [-0.4, -0.2) is 34.3 Å². The lowest BCUT2D eigenvalue weighted by molar-refractivity contribution is -0.142. The molecule has 108 valence electrons. The number of hydrogen-bond donors (Lipinski definition) is 1. The number of carboxylic acid groups (broad SMARTS) is 1. The van der Waals surface area contributed by atoms with E-state index in [0.717, 1.165) is 0 Å². The van der Waals surface area contributed by atoms with Crippen molar-refractivity contribution in [1.29, 1.82) is 0 Å². The van der Waals surface area contributed by atoms with Crippen molar-refractivity contribution in [1.82, 2.24) is 4.90 Å². The van der Waals surface area contributed by atoms with Crippen LogP contribution in [0.4, 0.5) is 0 Å². The van der Waals surface area contributed by atoms with E-state index >= 15 is 0 Å². The lowest BCUT2D eigenvalue weighted by Gasteiger charge is -2.27. The number of likely N-dealkylation sites (tertiary alicyclic amines) is 1. The van der Waals surface area contributed by atoms with Crippen LogP contribution in [0, 0.1) is 17.3 Å². The number of hydrogen-bond acceptors (Lipinski definition) is 3. The zero-order valence-corrected chi connectivity index (χ0v) is 12.1. The van der Waals surface area contributed by atoms with Gasteiger partial charge in [-0.1, -0.05) is 20.8 Å². The van der Waals surface area contributed by atoms with Gasteiger partial charge in [0, 0.05) is 19.4 Å². The Bertz CT molecular complexity index is 391. The maximum absolute atomic E-state index is 12.3. The summed E-state index contributed by atoms with van der Waals surface area (Å²) in [6, 6.07) is 0. The molecule has 0 aromatic rings. The fraction of sp³-hybridized carbons (Fsp3) is 0.786. The molecule has 1 fully saturated rings. The van der Waals surface area contributed by atoms with Gasteiger partial charge in [-0.05, 0) is 25.2 Å². The van der Waals surface area contributed by atoms with Crippen molar-refractivity contribution in [2.75, 3.05) is 6.54 Å². The Morgan fingerprint density at radius 2 is 1.95 bits per heavy atom. The summed E-state index contributed by atoms with van der Waals surface area (Å²) in [5.41, 5.74) is -0.608. The number of imide groups is 1. The van der Waals surface area contributed by atoms with E-state index < -0.39 is 11.4 Å². The van der Waals surface area contributed by atoms with E-state index in [9.17, 15) is 14.4 Å². The number of carbonyl (C=O) groups is 3. The maximum atomic E-state index is 12.3. The number of carboxylic acids is 1. The highest BCUT2D eigenvalue weighted by Gasteiger charge is 2.49. The number of amides is 2. The molecule has 0 saturated carbocycles. The number of nitrogens with zero attached hydrogens (tertiary/aromatic N) is 1. The molecule has 1 saturated heterocycles. The lowest BCUT2D eigenvalue weighted by Crippen LogP contribution is -2.39. The minimum Gasteiger partial charge on any atom is -0.481 e. The highest BCUT2D eigenvalue weighted by Crippen LogP contribution is 2.39. The Labute approximate surface area is 114 Å². The van der Waals surface area contributed by atoms with E-state index in [1.807, 2.05) is 27.7 Å². The molecule has 1 aliphatic heterocycles. The van der Waals surface area contributed by atoms with Crippen LogP contribution < -0.4 is 0 Å². The topological polar surface area (TPSA) is 74.7 Å². The molecule has 1 N–H and O–H groups in total. The van der Waals surface area contributed by atoms with Crippen molar-refractivity contribution in [3.8, 4) is 0 Å². The Morgan fingerprint density at radius 3 is 2.37 bits per heavy atom. The first kappa shape index (κ1) is 15.7. The van der Waals surface area contributed by atoms with Crippen LogP contribution in [0.5, 0.6) is 0 Å². The summed E-state index contributed by atoms with van der Waals surface area (Å²) in [5.74, 6) is -0.974. The first-order valence-corrected chi connectivity index (χ1v) is 6.75. The summed E-state index contributed by atoms with van der Waals surface area (Å²) in [7, 11) is 0. The molecular formula is C14H23NO4. The van der Waals surface area contributed by atoms with Crippen LogP contribution in [0.1, 0.15) is 47.0 Å². The maximum Gasteiger partial charge on any atom is 0.303 e. The summed E-state index contributed by atoms with van der Waals surface area (Å²) in [6.07, 6.45) is 0.804. The molecule has 2 unspecified atom stereocenters. The summed E-state index contributed by atoms with van der Waals surface area (Å²) >= 11 is 0.